The van der Waals surface area contributed by atoms with Crippen molar-refractivity contribution in [3.8, 4) is 11.1 Å². The fraction of sp³-hybridized carbons (Fsp3) is 0.0769. The van der Waals surface area contributed by atoms with Crippen molar-refractivity contribution in [3.05, 3.63) is 317 Å². The second-order valence-corrected chi connectivity index (χ2v) is 20.7. The van der Waals surface area contributed by atoms with Crippen LogP contribution in [0.15, 0.2) is 251 Å². The molecule has 8 aromatic carbocycles. The second-order valence-electron chi connectivity index (χ2n) is 18.8. The number of rotatable bonds is 4. The molecule has 1 spiro atoms. The Morgan fingerprint density at radius 3 is 1.69 bits per heavy atom. The van der Waals surface area contributed by atoms with Gasteiger partial charge in [0.25, 0.3) is 0 Å². The van der Waals surface area contributed by atoms with Crippen molar-refractivity contribution < 1.29 is 0 Å². The maximum Gasteiger partial charge on any atom is 0.0711 e. The number of hydrogen-bond acceptors (Lipinski definition) is 0. The van der Waals surface area contributed by atoms with Crippen LogP contribution in [0.2, 0.25) is 0 Å². The minimum atomic E-state index is -0.659. The van der Waals surface area contributed by atoms with Crippen LogP contribution in [0, 0.1) is 0 Å². The maximum atomic E-state index is 4.32. The zero-order chi connectivity index (χ0) is 44.5. The molecule has 6 aliphatic carbocycles. The minimum Gasteiger partial charge on any atom is -0.0786 e. The highest BCUT2D eigenvalue weighted by atomic mass is 79.9. The smallest absolute Gasteiger partial charge is 0.0711 e. The first kappa shape index (κ1) is 39.3. The summed E-state index contributed by atoms with van der Waals surface area (Å²) < 4.78 is 1.09. The van der Waals surface area contributed by atoms with Gasteiger partial charge in [-0.05, 0) is 147 Å². The van der Waals surface area contributed by atoms with Gasteiger partial charge in [0.1, 0.15) is 0 Å². The molecular weight excluding hydrogens is 941 g/mol. The predicted molar refractivity (Wildman–Crippen MR) is 283 cm³/mol. The van der Waals surface area contributed by atoms with Crippen LogP contribution in [-0.2, 0) is 22.7 Å². The lowest BCUT2D eigenvalue weighted by molar-refractivity contribution is 0.640. The summed E-state index contributed by atoms with van der Waals surface area (Å²) >= 11 is 8.31. The number of hydrogen-bond donors (Lipinski definition) is 0. The molecule has 0 N–H and O–H groups in total. The molecule has 316 valence electrons. The maximum absolute atomic E-state index is 4.32. The zero-order valence-electron chi connectivity index (χ0n) is 36.6. The Balaban J connectivity index is 1.11. The van der Waals surface area contributed by atoms with Crippen molar-refractivity contribution in [1.29, 1.82) is 0 Å². The van der Waals surface area contributed by atoms with Gasteiger partial charge in [0.15, 0.2) is 0 Å². The normalized spacial score (nSPS) is 19.0. The van der Waals surface area contributed by atoms with Crippen molar-refractivity contribution in [2.45, 2.75) is 27.5 Å². The molecule has 0 nitrogen and oxygen atoms in total. The van der Waals surface area contributed by atoms with Crippen LogP contribution in [0.1, 0.15) is 60.5 Å². The van der Waals surface area contributed by atoms with Crippen LogP contribution in [-0.4, -0.2) is 0 Å². The van der Waals surface area contributed by atoms with E-state index in [0.29, 0.717) is 0 Å². The van der Waals surface area contributed by atoms with E-state index in [4.69, 9.17) is 0 Å². The van der Waals surface area contributed by atoms with Gasteiger partial charge in [0.2, 0.25) is 0 Å². The quantitative estimate of drug-likeness (QED) is 0.154. The summed E-state index contributed by atoms with van der Waals surface area (Å²) in [6.45, 7) is 0. The highest BCUT2D eigenvalue weighted by Crippen LogP contribution is 2.70. The number of allylic oxidation sites excluding steroid dienone is 9. The number of alkyl halides is 1. The lowest BCUT2D eigenvalue weighted by atomic mass is 9.49. The van der Waals surface area contributed by atoms with Crippen LogP contribution < -0.4 is 10.4 Å². The van der Waals surface area contributed by atoms with Gasteiger partial charge in [-0.2, -0.15) is 0 Å². The van der Waals surface area contributed by atoms with Gasteiger partial charge in [-0.1, -0.05) is 238 Å². The SMILES string of the molecule is Brc1ccc2c(c1)C1=C(C2)C2(C3=CC=c4cc5c(cc4C=C3C1(c1ccccc1)c1ccccc1)=C1C=CC(c3ccccc3)(c3ccccc3)C=C1C5Br)c1ccccc1-c1ccccc12. The van der Waals surface area contributed by atoms with Crippen molar-refractivity contribution >= 4 is 55.2 Å². The molecule has 0 amide bonds. The van der Waals surface area contributed by atoms with Crippen molar-refractivity contribution in [3.63, 3.8) is 0 Å². The Labute approximate surface area is 408 Å². The van der Waals surface area contributed by atoms with E-state index < -0.39 is 16.2 Å². The molecule has 67 heavy (non-hydrogen) atoms. The van der Waals surface area contributed by atoms with Gasteiger partial charge in [0.05, 0.1) is 21.1 Å². The molecule has 14 rings (SSSR count). The Morgan fingerprint density at radius 2 is 1.07 bits per heavy atom. The van der Waals surface area contributed by atoms with E-state index in [-0.39, 0.29) is 4.83 Å². The monoisotopic (exact) mass is 980 g/mol. The summed E-state index contributed by atoms with van der Waals surface area (Å²) in [5.74, 6) is 0. The molecule has 6 aliphatic rings. The minimum absolute atomic E-state index is 0.0341. The van der Waals surface area contributed by atoms with E-state index in [0.717, 1.165) is 10.9 Å². The van der Waals surface area contributed by atoms with Gasteiger partial charge in [-0.25, -0.2) is 0 Å². The van der Waals surface area contributed by atoms with Crippen molar-refractivity contribution in [2.24, 2.45) is 0 Å². The average molecular weight is 983 g/mol. The van der Waals surface area contributed by atoms with E-state index in [1.165, 1.54) is 111 Å². The van der Waals surface area contributed by atoms with E-state index in [2.05, 4.69) is 269 Å². The fourth-order valence-corrected chi connectivity index (χ4v) is 14.3. The van der Waals surface area contributed by atoms with Crippen LogP contribution in [0.5, 0.6) is 0 Å². The molecule has 0 saturated heterocycles. The molecule has 1 unspecified atom stereocenters. The van der Waals surface area contributed by atoms with E-state index in [1.54, 1.807) is 0 Å². The Hall–Kier alpha value is -6.84. The standard InChI is InChI=1S/C65H42Br2/c66-48-31-29-42-37-60-61(52(42)39-48)64(46-21-9-3-10-22-46,47-23-11-4-12-24-47)59-38-43-36-53-49-33-34-63(44-17-5-1-6-18-44,45-19-7-2-8-20-45)40-55(49)62(67)54(53)35-41(43)30-32-58(59)65(60)56-27-15-13-25-50(56)51-26-14-16-28-57(51)65/h1-36,38-40,62H,37H2. The first-order valence-electron chi connectivity index (χ1n) is 23.4. The molecule has 8 aromatic rings. The summed E-state index contributed by atoms with van der Waals surface area (Å²) in [5, 5.41) is 2.51. The lowest BCUT2D eigenvalue weighted by Gasteiger charge is -2.52. The van der Waals surface area contributed by atoms with Crippen LogP contribution in [0.25, 0.3) is 34.4 Å². The lowest BCUT2D eigenvalue weighted by Crippen LogP contribution is -2.45. The van der Waals surface area contributed by atoms with Gasteiger partial charge >= 0.3 is 0 Å². The molecular formula is C65H42Br2. The van der Waals surface area contributed by atoms with E-state index in [9.17, 15) is 0 Å². The Kier molecular flexibility index (Phi) is 8.56. The van der Waals surface area contributed by atoms with Gasteiger partial charge in [0, 0.05) is 4.47 Å². The van der Waals surface area contributed by atoms with Crippen LogP contribution in [0.3, 0.4) is 0 Å². The molecule has 0 aliphatic heterocycles. The topological polar surface area (TPSA) is 0 Å². The summed E-state index contributed by atoms with van der Waals surface area (Å²) in [6, 6.07) is 75.2. The third kappa shape index (κ3) is 5.23. The molecule has 2 heteroatoms. The number of halogens is 2. The zero-order valence-corrected chi connectivity index (χ0v) is 39.7. The molecule has 0 radical (unpaired) electrons. The largest absolute Gasteiger partial charge is 0.0786 e. The first-order chi connectivity index (χ1) is 33.0. The van der Waals surface area contributed by atoms with Gasteiger partial charge in [-0.3, -0.25) is 0 Å². The molecule has 0 fully saturated rings. The highest BCUT2D eigenvalue weighted by molar-refractivity contribution is 9.10. The van der Waals surface area contributed by atoms with Gasteiger partial charge < -0.3 is 0 Å². The Bertz CT molecular complexity index is 3590. The van der Waals surface area contributed by atoms with E-state index >= 15 is 0 Å². The molecule has 0 bridgehead atoms. The molecule has 0 saturated carbocycles. The van der Waals surface area contributed by atoms with Crippen molar-refractivity contribution in [1.82, 2.24) is 0 Å². The molecule has 1 atom stereocenters. The number of benzene rings is 8. The summed E-state index contributed by atoms with van der Waals surface area (Å²) in [5.41, 5.74) is 22.2. The van der Waals surface area contributed by atoms with Crippen molar-refractivity contribution in [2.75, 3.05) is 0 Å². The number of fused-ring (bicyclic) bond motifs is 13. The van der Waals surface area contributed by atoms with Gasteiger partial charge in [-0.15, -0.1) is 0 Å². The third-order valence-corrected chi connectivity index (χ3v) is 17.3. The molecule has 0 heterocycles. The van der Waals surface area contributed by atoms with Crippen LogP contribution in [0.4, 0.5) is 0 Å². The Morgan fingerprint density at radius 1 is 0.507 bits per heavy atom. The average Bonchev–Trinajstić information content (AvgIpc) is 3.94. The highest BCUT2D eigenvalue weighted by Gasteiger charge is 2.61. The van der Waals surface area contributed by atoms with E-state index in [1.807, 2.05) is 0 Å². The summed E-state index contributed by atoms with van der Waals surface area (Å²) in [7, 11) is 0. The first-order valence-corrected chi connectivity index (χ1v) is 25.1. The third-order valence-electron chi connectivity index (χ3n) is 15.8. The summed E-state index contributed by atoms with van der Waals surface area (Å²) in [4.78, 5) is 0.0341. The summed E-state index contributed by atoms with van der Waals surface area (Å²) in [6.07, 6.45) is 15.8. The van der Waals surface area contributed by atoms with Crippen LogP contribution >= 0.6 is 31.9 Å². The fourth-order valence-electron chi connectivity index (χ4n) is 13.2. The molecule has 0 aromatic heterocycles. The second kappa shape index (κ2) is 14.6. The predicted octanol–water partition coefficient (Wildman–Crippen LogP) is 14.6.